The number of benzene rings is 2. The average molecular weight is 324 g/mol. The number of rotatable bonds is 6. The molecule has 1 aliphatic rings. The van der Waals surface area contributed by atoms with Gasteiger partial charge in [0.1, 0.15) is 12.4 Å². The van der Waals surface area contributed by atoms with Gasteiger partial charge in [0.15, 0.2) is 5.58 Å². The summed E-state index contributed by atoms with van der Waals surface area (Å²) in [7, 11) is 0. The maximum Gasteiger partial charge on any atom is 0.167 e. The molecule has 0 saturated carbocycles. The molecule has 0 aliphatic carbocycles. The first-order valence-corrected chi connectivity index (χ1v) is 9.01. The number of hydrogen-bond donors (Lipinski definition) is 0. The lowest BCUT2D eigenvalue weighted by atomic mass is 10.0. The highest BCUT2D eigenvalue weighted by atomic mass is 16.5. The maximum atomic E-state index is 5.97. The topological polar surface area (TPSA) is 38.5 Å². The van der Waals surface area contributed by atoms with Crippen molar-refractivity contribution in [2.45, 2.75) is 32.6 Å². The van der Waals surface area contributed by atoms with E-state index >= 15 is 0 Å². The molecule has 0 N–H and O–H groups in total. The second-order valence-electron chi connectivity index (χ2n) is 6.60. The summed E-state index contributed by atoms with van der Waals surface area (Å²) in [4.78, 5) is 2.47. The van der Waals surface area contributed by atoms with Crippen molar-refractivity contribution in [2.24, 2.45) is 0 Å². The van der Waals surface area contributed by atoms with Crippen molar-refractivity contribution < 1.29 is 9.26 Å². The number of aromatic nitrogens is 1. The van der Waals surface area contributed by atoms with Gasteiger partial charge in [-0.25, -0.2) is 0 Å². The summed E-state index contributed by atoms with van der Waals surface area (Å²) in [6, 6.07) is 10.4. The maximum absolute atomic E-state index is 5.97. The zero-order valence-corrected chi connectivity index (χ0v) is 14.3. The Morgan fingerprint density at radius 1 is 1.17 bits per heavy atom. The van der Waals surface area contributed by atoms with Crippen molar-refractivity contribution in [3.63, 3.8) is 0 Å². The van der Waals surface area contributed by atoms with Crippen molar-refractivity contribution in [1.82, 2.24) is 10.1 Å². The standard InChI is InChI=1S/C20H24N2O2/c1-2-5-18-20-17-8-7-16(23-13-12-22-10-3-4-11-22)14-15(17)6-9-19(20)24-21-18/h6-9,14H,2-5,10-13H2,1H3. The van der Waals surface area contributed by atoms with E-state index in [0.717, 1.165) is 48.4 Å². The third-order valence-electron chi connectivity index (χ3n) is 4.86. The largest absolute Gasteiger partial charge is 0.492 e. The minimum absolute atomic E-state index is 0.752. The Kier molecular flexibility index (Phi) is 4.39. The number of likely N-dealkylation sites (tertiary alicyclic amines) is 1. The molecule has 0 amide bonds. The molecule has 0 unspecified atom stereocenters. The van der Waals surface area contributed by atoms with Gasteiger partial charge in [-0.05, 0) is 67.4 Å². The number of ether oxygens (including phenoxy) is 1. The van der Waals surface area contributed by atoms with E-state index in [0.29, 0.717) is 0 Å². The van der Waals surface area contributed by atoms with Crippen LogP contribution in [0.3, 0.4) is 0 Å². The lowest BCUT2D eigenvalue weighted by molar-refractivity contribution is 0.238. The summed E-state index contributed by atoms with van der Waals surface area (Å²) in [5, 5.41) is 7.77. The molecule has 126 valence electrons. The van der Waals surface area contributed by atoms with Crippen LogP contribution >= 0.6 is 0 Å². The van der Waals surface area contributed by atoms with E-state index in [1.165, 1.54) is 36.7 Å². The van der Waals surface area contributed by atoms with Crippen LogP contribution in [-0.2, 0) is 6.42 Å². The second kappa shape index (κ2) is 6.81. The molecule has 3 aromatic rings. The number of fused-ring (bicyclic) bond motifs is 3. The lowest BCUT2D eigenvalue weighted by Gasteiger charge is -2.15. The molecule has 0 atom stereocenters. The van der Waals surface area contributed by atoms with Gasteiger partial charge in [0.25, 0.3) is 0 Å². The van der Waals surface area contributed by atoms with Crippen LogP contribution in [0.15, 0.2) is 34.9 Å². The van der Waals surface area contributed by atoms with Gasteiger partial charge < -0.3 is 9.26 Å². The minimum atomic E-state index is 0.752. The van der Waals surface area contributed by atoms with Crippen molar-refractivity contribution in [3.05, 3.63) is 36.0 Å². The fraction of sp³-hybridized carbons (Fsp3) is 0.450. The zero-order valence-electron chi connectivity index (χ0n) is 14.3. The summed E-state index contributed by atoms with van der Waals surface area (Å²) in [6.07, 6.45) is 4.66. The monoisotopic (exact) mass is 324 g/mol. The van der Waals surface area contributed by atoms with Gasteiger partial charge >= 0.3 is 0 Å². The molecule has 2 heterocycles. The number of nitrogens with zero attached hydrogens (tertiary/aromatic N) is 2. The first-order valence-electron chi connectivity index (χ1n) is 9.01. The summed E-state index contributed by atoms with van der Waals surface area (Å²) in [5.41, 5.74) is 1.93. The van der Waals surface area contributed by atoms with Crippen LogP contribution in [0.1, 0.15) is 31.9 Å². The molecule has 1 saturated heterocycles. The van der Waals surface area contributed by atoms with Crippen LogP contribution in [0.5, 0.6) is 5.75 Å². The van der Waals surface area contributed by atoms with Gasteiger partial charge in [0.2, 0.25) is 0 Å². The van der Waals surface area contributed by atoms with Crippen LogP contribution in [0.25, 0.3) is 21.7 Å². The Labute approximate surface area is 142 Å². The van der Waals surface area contributed by atoms with Crippen molar-refractivity contribution in [1.29, 1.82) is 0 Å². The van der Waals surface area contributed by atoms with E-state index in [2.05, 4.69) is 41.2 Å². The van der Waals surface area contributed by atoms with Gasteiger partial charge in [-0.3, -0.25) is 4.90 Å². The third-order valence-corrected chi connectivity index (χ3v) is 4.86. The van der Waals surface area contributed by atoms with E-state index in [1.807, 2.05) is 6.07 Å². The van der Waals surface area contributed by atoms with Crippen LogP contribution < -0.4 is 4.74 Å². The first-order chi connectivity index (χ1) is 11.8. The molecule has 1 aliphatic heterocycles. The fourth-order valence-corrected chi connectivity index (χ4v) is 3.61. The highest BCUT2D eigenvalue weighted by Gasteiger charge is 2.13. The average Bonchev–Trinajstić information content (AvgIpc) is 3.25. The van der Waals surface area contributed by atoms with E-state index in [4.69, 9.17) is 9.26 Å². The van der Waals surface area contributed by atoms with Gasteiger partial charge in [-0.15, -0.1) is 0 Å². The smallest absolute Gasteiger partial charge is 0.167 e. The summed E-state index contributed by atoms with van der Waals surface area (Å²) < 4.78 is 11.4. The summed E-state index contributed by atoms with van der Waals surface area (Å²) >= 11 is 0. The Morgan fingerprint density at radius 3 is 2.88 bits per heavy atom. The Bertz CT molecular complexity index is 834. The normalized spacial score (nSPS) is 15.5. The Balaban J connectivity index is 1.56. The molecule has 2 aromatic carbocycles. The van der Waals surface area contributed by atoms with Crippen molar-refractivity contribution in [3.8, 4) is 5.75 Å². The van der Waals surface area contributed by atoms with Crippen LogP contribution in [0.4, 0.5) is 0 Å². The van der Waals surface area contributed by atoms with Crippen LogP contribution in [0, 0.1) is 0 Å². The summed E-state index contributed by atoms with van der Waals surface area (Å²) in [6.45, 7) is 6.36. The summed E-state index contributed by atoms with van der Waals surface area (Å²) in [5.74, 6) is 0.939. The van der Waals surface area contributed by atoms with Gasteiger partial charge in [-0.1, -0.05) is 24.6 Å². The van der Waals surface area contributed by atoms with E-state index < -0.39 is 0 Å². The molecule has 0 bridgehead atoms. The highest BCUT2D eigenvalue weighted by molar-refractivity contribution is 6.07. The predicted octanol–water partition coefficient (Wildman–Crippen LogP) is 4.41. The van der Waals surface area contributed by atoms with Crippen molar-refractivity contribution >= 4 is 21.7 Å². The van der Waals surface area contributed by atoms with E-state index in [9.17, 15) is 0 Å². The molecule has 24 heavy (non-hydrogen) atoms. The quantitative estimate of drug-likeness (QED) is 0.673. The molecule has 4 heteroatoms. The Morgan fingerprint density at radius 2 is 2.04 bits per heavy atom. The van der Waals surface area contributed by atoms with E-state index in [1.54, 1.807) is 0 Å². The predicted molar refractivity (Wildman–Crippen MR) is 96.7 cm³/mol. The molecule has 1 aromatic heterocycles. The SMILES string of the molecule is CCCc1noc2ccc3cc(OCCN4CCCC4)ccc3c12. The Hall–Kier alpha value is -2.07. The van der Waals surface area contributed by atoms with Crippen LogP contribution in [0.2, 0.25) is 0 Å². The van der Waals surface area contributed by atoms with E-state index in [-0.39, 0.29) is 0 Å². The fourth-order valence-electron chi connectivity index (χ4n) is 3.61. The lowest BCUT2D eigenvalue weighted by Crippen LogP contribution is -2.25. The number of hydrogen-bond acceptors (Lipinski definition) is 4. The zero-order chi connectivity index (χ0) is 16.4. The van der Waals surface area contributed by atoms with Crippen LogP contribution in [-0.4, -0.2) is 36.3 Å². The third kappa shape index (κ3) is 2.98. The first kappa shape index (κ1) is 15.5. The molecular formula is C20H24N2O2. The highest BCUT2D eigenvalue weighted by Crippen LogP contribution is 2.31. The molecule has 4 nitrogen and oxygen atoms in total. The molecule has 0 radical (unpaired) electrons. The molecule has 0 spiro atoms. The van der Waals surface area contributed by atoms with Gasteiger partial charge in [-0.2, -0.15) is 0 Å². The van der Waals surface area contributed by atoms with Gasteiger partial charge in [0.05, 0.1) is 11.1 Å². The molecular weight excluding hydrogens is 300 g/mol. The van der Waals surface area contributed by atoms with Gasteiger partial charge in [0, 0.05) is 6.54 Å². The minimum Gasteiger partial charge on any atom is -0.492 e. The second-order valence-corrected chi connectivity index (χ2v) is 6.60. The molecule has 4 rings (SSSR count). The number of aryl methyl sites for hydroxylation is 1. The van der Waals surface area contributed by atoms with Crippen molar-refractivity contribution in [2.75, 3.05) is 26.2 Å². The molecule has 1 fully saturated rings.